The van der Waals surface area contributed by atoms with Gasteiger partial charge in [-0.1, -0.05) is 12.1 Å². The van der Waals surface area contributed by atoms with Crippen molar-refractivity contribution in [2.75, 3.05) is 26.2 Å². The molecule has 0 bridgehead atoms. The number of carbonyl (C=O) groups is 2. The van der Waals surface area contributed by atoms with E-state index in [1.54, 1.807) is 4.90 Å². The minimum absolute atomic E-state index is 0.0729. The van der Waals surface area contributed by atoms with Crippen LogP contribution >= 0.6 is 0 Å². The van der Waals surface area contributed by atoms with Crippen molar-refractivity contribution in [2.45, 2.75) is 31.4 Å². The lowest BCUT2D eigenvalue weighted by Gasteiger charge is -2.40. The number of aliphatic carboxylic acids is 1. The third kappa shape index (κ3) is 4.81. The molecule has 1 aromatic carbocycles. The molecule has 2 saturated heterocycles. The number of rotatable bonds is 2. The summed E-state index contributed by atoms with van der Waals surface area (Å²) < 4.78 is 38.4. The molecule has 6 nitrogen and oxygen atoms in total. The minimum Gasteiger partial charge on any atom is -0.481 e. The number of nitrogens with zero attached hydrogens (tertiary/aromatic N) is 3. The SMILES string of the molecule is N#CC1CCN(C(=O)N2CC(C(=O)O)CC(c3ccc(C(F)(F)F)cc3)C2)CC1. The van der Waals surface area contributed by atoms with Crippen LogP contribution in [-0.4, -0.2) is 53.1 Å². The van der Waals surface area contributed by atoms with Gasteiger partial charge in [0.05, 0.1) is 17.6 Å². The van der Waals surface area contributed by atoms with E-state index in [4.69, 9.17) is 5.26 Å². The van der Waals surface area contributed by atoms with Gasteiger partial charge in [0.25, 0.3) is 0 Å². The minimum atomic E-state index is -4.44. The number of likely N-dealkylation sites (tertiary alicyclic amines) is 2. The lowest BCUT2D eigenvalue weighted by molar-refractivity contribution is -0.143. The van der Waals surface area contributed by atoms with Crippen LogP contribution in [0, 0.1) is 23.2 Å². The number of carboxylic acids is 1. The van der Waals surface area contributed by atoms with E-state index in [2.05, 4.69) is 6.07 Å². The smallest absolute Gasteiger partial charge is 0.416 e. The molecule has 2 heterocycles. The molecule has 2 unspecified atom stereocenters. The van der Waals surface area contributed by atoms with Crippen LogP contribution in [0.1, 0.15) is 36.3 Å². The number of urea groups is 1. The predicted octanol–water partition coefficient (Wildman–Crippen LogP) is 3.55. The second-order valence-corrected chi connectivity index (χ2v) is 7.67. The van der Waals surface area contributed by atoms with Gasteiger partial charge in [0, 0.05) is 38.0 Å². The van der Waals surface area contributed by atoms with E-state index < -0.39 is 23.6 Å². The van der Waals surface area contributed by atoms with Gasteiger partial charge in [-0.2, -0.15) is 18.4 Å². The Labute approximate surface area is 166 Å². The van der Waals surface area contributed by atoms with Crippen LogP contribution in [0.5, 0.6) is 0 Å². The van der Waals surface area contributed by atoms with Gasteiger partial charge in [0.2, 0.25) is 0 Å². The van der Waals surface area contributed by atoms with Crippen molar-refractivity contribution in [1.29, 1.82) is 5.26 Å². The van der Waals surface area contributed by atoms with Crippen LogP contribution in [-0.2, 0) is 11.0 Å². The number of benzene rings is 1. The maximum absolute atomic E-state index is 12.9. The first-order chi connectivity index (χ1) is 13.7. The molecule has 9 heteroatoms. The van der Waals surface area contributed by atoms with E-state index >= 15 is 0 Å². The van der Waals surface area contributed by atoms with Gasteiger partial charge in [-0.3, -0.25) is 4.79 Å². The average molecular weight is 409 g/mol. The van der Waals surface area contributed by atoms with Gasteiger partial charge >= 0.3 is 18.2 Å². The van der Waals surface area contributed by atoms with Gasteiger partial charge in [0.1, 0.15) is 0 Å². The normalized spacial score (nSPS) is 23.5. The second kappa shape index (κ2) is 8.31. The number of nitriles is 1. The summed E-state index contributed by atoms with van der Waals surface area (Å²) in [4.78, 5) is 27.6. The highest BCUT2D eigenvalue weighted by atomic mass is 19.4. The number of halogens is 3. The largest absolute Gasteiger partial charge is 0.481 e. The van der Waals surface area contributed by atoms with Gasteiger partial charge in [-0.15, -0.1) is 0 Å². The highest BCUT2D eigenvalue weighted by Gasteiger charge is 2.37. The molecule has 3 rings (SSSR count). The number of carboxylic acid groups (broad SMARTS) is 1. The topological polar surface area (TPSA) is 84.6 Å². The molecule has 0 spiro atoms. The van der Waals surface area contributed by atoms with Crippen LogP contribution < -0.4 is 0 Å². The summed E-state index contributed by atoms with van der Waals surface area (Å²) in [6, 6.07) is 6.61. The lowest BCUT2D eigenvalue weighted by Crippen LogP contribution is -2.52. The van der Waals surface area contributed by atoms with E-state index in [1.807, 2.05) is 0 Å². The van der Waals surface area contributed by atoms with Crippen molar-refractivity contribution in [2.24, 2.45) is 11.8 Å². The predicted molar refractivity (Wildman–Crippen MR) is 96.8 cm³/mol. The molecule has 156 valence electrons. The first-order valence-corrected chi connectivity index (χ1v) is 9.52. The van der Waals surface area contributed by atoms with Crippen LogP contribution in [0.2, 0.25) is 0 Å². The van der Waals surface area contributed by atoms with E-state index in [9.17, 15) is 27.9 Å². The molecule has 29 heavy (non-hydrogen) atoms. The molecular formula is C20H22F3N3O3. The van der Waals surface area contributed by atoms with Gasteiger partial charge in [-0.05, 0) is 37.0 Å². The maximum atomic E-state index is 12.9. The van der Waals surface area contributed by atoms with Gasteiger partial charge in [-0.25, -0.2) is 4.79 Å². The Bertz CT molecular complexity index is 796. The molecule has 0 aromatic heterocycles. The zero-order valence-electron chi connectivity index (χ0n) is 15.7. The fourth-order valence-corrected chi connectivity index (χ4v) is 4.02. The Morgan fingerprint density at radius 2 is 1.69 bits per heavy atom. The van der Waals surface area contributed by atoms with E-state index in [0.717, 1.165) is 12.1 Å². The molecular weight excluding hydrogens is 387 g/mol. The number of hydrogen-bond acceptors (Lipinski definition) is 3. The first-order valence-electron chi connectivity index (χ1n) is 9.52. The monoisotopic (exact) mass is 409 g/mol. The molecule has 2 fully saturated rings. The van der Waals surface area contributed by atoms with Crippen LogP contribution in [0.15, 0.2) is 24.3 Å². The maximum Gasteiger partial charge on any atom is 0.416 e. The Morgan fingerprint density at radius 1 is 1.07 bits per heavy atom. The second-order valence-electron chi connectivity index (χ2n) is 7.67. The molecule has 0 radical (unpaired) electrons. The number of alkyl halides is 3. The molecule has 0 aliphatic carbocycles. The van der Waals surface area contributed by atoms with Crippen molar-refractivity contribution in [3.63, 3.8) is 0 Å². The molecule has 2 amide bonds. The molecule has 2 aliphatic heterocycles. The summed E-state index contributed by atoms with van der Waals surface area (Å²) in [5, 5.41) is 18.5. The Balaban J connectivity index is 1.75. The Kier molecular flexibility index (Phi) is 6.01. The van der Waals surface area contributed by atoms with Crippen molar-refractivity contribution < 1.29 is 27.9 Å². The molecule has 2 atom stereocenters. The zero-order chi connectivity index (χ0) is 21.2. The summed E-state index contributed by atoms with van der Waals surface area (Å²) in [6.45, 7) is 1.21. The number of hydrogen-bond donors (Lipinski definition) is 1. The molecule has 2 aliphatic rings. The zero-order valence-corrected chi connectivity index (χ0v) is 15.7. The van der Waals surface area contributed by atoms with Crippen LogP contribution in [0.4, 0.5) is 18.0 Å². The average Bonchev–Trinajstić information content (AvgIpc) is 2.72. The van der Waals surface area contributed by atoms with Crippen molar-refractivity contribution in [1.82, 2.24) is 9.80 Å². The quantitative estimate of drug-likeness (QED) is 0.810. The summed E-state index contributed by atoms with van der Waals surface area (Å²) in [6.07, 6.45) is -3.01. The number of amides is 2. The standard InChI is InChI=1S/C20H22F3N3O3/c21-20(22,23)17-3-1-14(2-4-17)15-9-16(18(27)28)12-26(11-15)19(29)25-7-5-13(10-24)6-8-25/h1-4,13,15-16H,5-9,11-12H2,(H,27,28). The molecule has 1 aromatic rings. The van der Waals surface area contributed by atoms with E-state index in [1.165, 1.54) is 17.0 Å². The van der Waals surface area contributed by atoms with Crippen molar-refractivity contribution in [3.8, 4) is 6.07 Å². The van der Waals surface area contributed by atoms with Gasteiger partial charge in [0.15, 0.2) is 0 Å². The summed E-state index contributed by atoms with van der Waals surface area (Å²) in [5.74, 6) is -2.24. The van der Waals surface area contributed by atoms with E-state index in [0.29, 0.717) is 31.5 Å². The Hall–Kier alpha value is -2.76. The fourth-order valence-electron chi connectivity index (χ4n) is 4.02. The number of piperidine rings is 2. The summed E-state index contributed by atoms with van der Waals surface area (Å²) in [7, 11) is 0. The van der Waals surface area contributed by atoms with Crippen LogP contribution in [0.3, 0.4) is 0 Å². The van der Waals surface area contributed by atoms with Gasteiger partial charge < -0.3 is 14.9 Å². The lowest BCUT2D eigenvalue weighted by atomic mass is 9.84. The molecule has 1 N–H and O–H groups in total. The van der Waals surface area contributed by atoms with Crippen molar-refractivity contribution >= 4 is 12.0 Å². The third-order valence-corrected chi connectivity index (χ3v) is 5.73. The van der Waals surface area contributed by atoms with Crippen molar-refractivity contribution in [3.05, 3.63) is 35.4 Å². The molecule has 0 saturated carbocycles. The first kappa shape index (κ1) is 21.0. The van der Waals surface area contributed by atoms with Crippen LogP contribution in [0.25, 0.3) is 0 Å². The third-order valence-electron chi connectivity index (χ3n) is 5.73. The van der Waals surface area contributed by atoms with E-state index in [-0.39, 0.29) is 37.4 Å². The summed E-state index contributed by atoms with van der Waals surface area (Å²) >= 11 is 0. The summed E-state index contributed by atoms with van der Waals surface area (Å²) in [5.41, 5.74) is -0.176. The Morgan fingerprint density at radius 3 is 2.21 bits per heavy atom. The fraction of sp³-hybridized carbons (Fsp3) is 0.550. The number of carbonyl (C=O) groups excluding carboxylic acids is 1. The highest BCUT2D eigenvalue weighted by molar-refractivity contribution is 5.77. The highest BCUT2D eigenvalue weighted by Crippen LogP contribution is 2.34.